The van der Waals surface area contributed by atoms with E-state index in [9.17, 15) is 0 Å². The van der Waals surface area contributed by atoms with Gasteiger partial charge in [0.2, 0.25) is 0 Å². The van der Waals surface area contributed by atoms with E-state index in [2.05, 4.69) is 31.3 Å². The summed E-state index contributed by atoms with van der Waals surface area (Å²) >= 11 is 0. The van der Waals surface area contributed by atoms with E-state index in [4.69, 9.17) is 9.15 Å². The largest absolute Gasteiger partial charge is 0.490 e. The SMILES string of the molecule is CCOc1cccc2c(CC(C)C)c(CNC3CC3)oc12. The van der Waals surface area contributed by atoms with Gasteiger partial charge in [-0.15, -0.1) is 0 Å². The highest BCUT2D eigenvalue weighted by atomic mass is 16.5. The molecule has 0 amide bonds. The van der Waals surface area contributed by atoms with Crippen LogP contribution in [0.15, 0.2) is 22.6 Å². The van der Waals surface area contributed by atoms with Crippen LogP contribution in [0.4, 0.5) is 0 Å². The summed E-state index contributed by atoms with van der Waals surface area (Å²) in [5.74, 6) is 2.55. The van der Waals surface area contributed by atoms with Gasteiger partial charge >= 0.3 is 0 Å². The molecule has 1 aromatic heterocycles. The van der Waals surface area contributed by atoms with E-state index in [-0.39, 0.29) is 0 Å². The summed E-state index contributed by atoms with van der Waals surface area (Å²) in [7, 11) is 0. The van der Waals surface area contributed by atoms with Crippen molar-refractivity contribution in [1.29, 1.82) is 0 Å². The van der Waals surface area contributed by atoms with Gasteiger partial charge in [-0.3, -0.25) is 0 Å². The molecule has 1 heterocycles. The van der Waals surface area contributed by atoms with Crippen LogP contribution >= 0.6 is 0 Å². The van der Waals surface area contributed by atoms with Crippen molar-refractivity contribution in [2.75, 3.05) is 6.61 Å². The lowest BCUT2D eigenvalue weighted by atomic mass is 9.99. The lowest BCUT2D eigenvalue weighted by Gasteiger charge is -2.07. The molecule has 0 saturated heterocycles. The van der Waals surface area contributed by atoms with Crippen molar-refractivity contribution >= 4 is 11.0 Å². The highest BCUT2D eigenvalue weighted by Gasteiger charge is 2.23. The van der Waals surface area contributed by atoms with Crippen molar-refractivity contribution in [3.8, 4) is 5.75 Å². The van der Waals surface area contributed by atoms with Gasteiger partial charge in [0.15, 0.2) is 11.3 Å². The van der Waals surface area contributed by atoms with Gasteiger partial charge in [-0.1, -0.05) is 26.0 Å². The minimum atomic E-state index is 0.612. The second-order valence-corrected chi connectivity index (χ2v) is 6.32. The maximum Gasteiger partial charge on any atom is 0.176 e. The van der Waals surface area contributed by atoms with E-state index in [1.165, 1.54) is 23.8 Å². The van der Waals surface area contributed by atoms with Gasteiger partial charge in [0.05, 0.1) is 13.2 Å². The first kappa shape index (κ1) is 14.5. The highest BCUT2D eigenvalue weighted by Crippen LogP contribution is 2.34. The third-order valence-corrected chi connectivity index (χ3v) is 3.91. The van der Waals surface area contributed by atoms with Crippen LogP contribution in [-0.4, -0.2) is 12.6 Å². The molecule has 0 spiro atoms. The maximum absolute atomic E-state index is 6.17. The number of furan rings is 1. The van der Waals surface area contributed by atoms with Crippen LogP contribution in [-0.2, 0) is 13.0 Å². The Labute approximate surface area is 126 Å². The first-order chi connectivity index (χ1) is 10.2. The number of ether oxygens (including phenoxy) is 1. The van der Waals surface area contributed by atoms with Crippen molar-refractivity contribution in [2.24, 2.45) is 5.92 Å². The Balaban J connectivity index is 1.98. The van der Waals surface area contributed by atoms with Gasteiger partial charge < -0.3 is 14.5 Å². The molecule has 1 aromatic carbocycles. The molecule has 3 rings (SSSR count). The zero-order valence-electron chi connectivity index (χ0n) is 13.2. The number of para-hydroxylation sites is 1. The van der Waals surface area contributed by atoms with Crippen LogP contribution in [0.2, 0.25) is 0 Å². The molecule has 0 unspecified atom stereocenters. The zero-order chi connectivity index (χ0) is 14.8. The predicted molar refractivity (Wildman–Crippen MR) is 85.8 cm³/mol. The molecule has 0 atom stereocenters. The molecule has 114 valence electrons. The summed E-state index contributed by atoms with van der Waals surface area (Å²) in [6, 6.07) is 6.90. The van der Waals surface area contributed by atoms with Gasteiger partial charge in [0.25, 0.3) is 0 Å². The minimum Gasteiger partial charge on any atom is -0.490 e. The Hall–Kier alpha value is -1.48. The molecule has 2 aromatic rings. The fraction of sp³-hybridized carbons (Fsp3) is 0.556. The number of hydrogen-bond donors (Lipinski definition) is 1. The second kappa shape index (κ2) is 6.10. The number of fused-ring (bicyclic) bond motifs is 1. The molecule has 0 bridgehead atoms. The molecule has 0 radical (unpaired) electrons. The second-order valence-electron chi connectivity index (χ2n) is 6.32. The first-order valence-corrected chi connectivity index (χ1v) is 8.08. The third-order valence-electron chi connectivity index (χ3n) is 3.91. The molecular formula is C18H25NO2. The van der Waals surface area contributed by atoms with Crippen molar-refractivity contribution in [1.82, 2.24) is 5.32 Å². The summed E-state index contributed by atoms with van der Waals surface area (Å²) < 4.78 is 11.9. The van der Waals surface area contributed by atoms with Crippen LogP contribution in [0.3, 0.4) is 0 Å². The van der Waals surface area contributed by atoms with Crippen molar-refractivity contribution in [3.05, 3.63) is 29.5 Å². The van der Waals surface area contributed by atoms with Crippen LogP contribution in [0.1, 0.15) is 44.9 Å². The predicted octanol–water partition coefficient (Wildman–Crippen LogP) is 4.28. The van der Waals surface area contributed by atoms with E-state index >= 15 is 0 Å². The van der Waals surface area contributed by atoms with Crippen LogP contribution < -0.4 is 10.1 Å². The molecule has 1 fully saturated rings. The maximum atomic E-state index is 6.17. The van der Waals surface area contributed by atoms with Gasteiger partial charge in [-0.05, 0) is 38.2 Å². The van der Waals surface area contributed by atoms with E-state index < -0.39 is 0 Å². The number of nitrogens with one attached hydrogen (secondary N) is 1. The zero-order valence-corrected chi connectivity index (χ0v) is 13.2. The van der Waals surface area contributed by atoms with E-state index in [0.29, 0.717) is 18.6 Å². The molecule has 1 N–H and O–H groups in total. The average Bonchev–Trinajstić information content (AvgIpc) is 3.21. The highest BCUT2D eigenvalue weighted by molar-refractivity contribution is 5.87. The van der Waals surface area contributed by atoms with E-state index in [0.717, 1.165) is 30.1 Å². The fourth-order valence-electron chi connectivity index (χ4n) is 2.76. The molecule has 0 aliphatic heterocycles. The molecule has 21 heavy (non-hydrogen) atoms. The molecule has 3 heteroatoms. The Morgan fingerprint density at radius 2 is 2.14 bits per heavy atom. The lowest BCUT2D eigenvalue weighted by Crippen LogP contribution is -2.16. The first-order valence-electron chi connectivity index (χ1n) is 8.08. The van der Waals surface area contributed by atoms with E-state index in [1.54, 1.807) is 0 Å². The topological polar surface area (TPSA) is 34.4 Å². The summed E-state index contributed by atoms with van der Waals surface area (Å²) in [6.07, 6.45) is 3.64. The van der Waals surface area contributed by atoms with Crippen molar-refractivity contribution < 1.29 is 9.15 Å². The lowest BCUT2D eigenvalue weighted by molar-refractivity contribution is 0.337. The molecule has 1 aliphatic rings. The smallest absolute Gasteiger partial charge is 0.176 e. The normalized spacial score (nSPS) is 15.0. The fourth-order valence-corrected chi connectivity index (χ4v) is 2.76. The third kappa shape index (κ3) is 3.24. The van der Waals surface area contributed by atoms with Gasteiger partial charge in [-0.2, -0.15) is 0 Å². The molecule has 3 nitrogen and oxygen atoms in total. The summed E-state index contributed by atoms with van der Waals surface area (Å²) in [4.78, 5) is 0. The summed E-state index contributed by atoms with van der Waals surface area (Å²) in [5.41, 5.74) is 2.25. The molecular weight excluding hydrogens is 262 g/mol. The van der Waals surface area contributed by atoms with Crippen LogP contribution in [0.25, 0.3) is 11.0 Å². The quantitative estimate of drug-likeness (QED) is 0.825. The van der Waals surface area contributed by atoms with Gasteiger partial charge in [0.1, 0.15) is 5.76 Å². The summed E-state index contributed by atoms with van der Waals surface area (Å²) in [5, 5.41) is 4.77. The number of hydrogen-bond acceptors (Lipinski definition) is 3. The van der Waals surface area contributed by atoms with Crippen molar-refractivity contribution in [3.63, 3.8) is 0 Å². The van der Waals surface area contributed by atoms with Crippen molar-refractivity contribution in [2.45, 2.75) is 52.6 Å². The average molecular weight is 287 g/mol. The van der Waals surface area contributed by atoms with Crippen LogP contribution in [0.5, 0.6) is 5.75 Å². The van der Waals surface area contributed by atoms with Crippen LogP contribution in [0, 0.1) is 5.92 Å². The standard InChI is InChI=1S/C18H25NO2/c1-4-20-16-7-5-6-14-15(10-12(2)3)17(21-18(14)16)11-19-13-8-9-13/h5-7,12-13,19H,4,8-11H2,1-3H3. The molecule has 1 aliphatic carbocycles. The van der Waals surface area contributed by atoms with E-state index in [1.807, 2.05) is 13.0 Å². The monoisotopic (exact) mass is 287 g/mol. The summed E-state index contributed by atoms with van der Waals surface area (Å²) in [6.45, 7) is 8.00. The minimum absolute atomic E-state index is 0.612. The Morgan fingerprint density at radius 3 is 2.81 bits per heavy atom. The van der Waals surface area contributed by atoms with Gasteiger partial charge in [-0.25, -0.2) is 0 Å². The Morgan fingerprint density at radius 1 is 1.33 bits per heavy atom. The number of rotatable bonds is 7. The molecule has 1 saturated carbocycles. The Kier molecular flexibility index (Phi) is 4.20. The Bertz CT molecular complexity index is 611. The number of benzene rings is 1. The van der Waals surface area contributed by atoms with Gasteiger partial charge in [0, 0.05) is 17.0 Å².